The highest BCUT2D eigenvalue weighted by atomic mass is 32.1. The van der Waals surface area contributed by atoms with Crippen LogP contribution in [0.4, 0.5) is 0 Å². The second-order valence-electron chi connectivity index (χ2n) is 5.46. The van der Waals surface area contributed by atoms with Crippen molar-refractivity contribution in [1.82, 2.24) is 10.3 Å². The molecule has 0 spiro atoms. The Labute approximate surface area is 123 Å². The van der Waals surface area contributed by atoms with Gasteiger partial charge in [0.1, 0.15) is 0 Å². The number of rotatable bonds is 5. The molecule has 0 saturated heterocycles. The summed E-state index contributed by atoms with van der Waals surface area (Å²) in [5.74, 6) is 0.0539. The number of benzene rings is 1. The summed E-state index contributed by atoms with van der Waals surface area (Å²) in [7, 11) is 0. The van der Waals surface area contributed by atoms with E-state index in [9.17, 15) is 4.79 Å². The lowest BCUT2D eigenvalue weighted by atomic mass is 10.0. The third-order valence-corrected chi connectivity index (χ3v) is 4.29. The molecule has 2 atom stereocenters. The number of hydrogen-bond acceptors (Lipinski definition) is 4. The third-order valence-electron chi connectivity index (χ3n) is 3.23. The number of amides is 1. The highest BCUT2D eigenvalue weighted by Crippen LogP contribution is 2.22. The van der Waals surface area contributed by atoms with Gasteiger partial charge in [0.15, 0.2) is 0 Å². The zero-order chi connectivity index (χ0) is 14.7. The van der Waals surface area contributed by atoms with E-state index in [1.807, 2.05) is 39.0 Å². The molecule has 1 heterocycles. The van der Waals surface area contributed by atoms with Crippen LogP contribution in [-0.2, 0) is 11.2 Å². The highest BCUT2D eigenvalue weighted by molar-refractivity contribution is 7.18. The lowest BCUT2D eigenvalue weighted by Gasteiger charge is -2.19. The van der Waals surface area contributed by atoms with Crippen LogP contribution < -0.4 is 11.1 Å². The number of carbonyl (C=O) groups excluding carboxylic acids is 1. The molecule has 1 amide bonds. The first-order valence-corrected chi connectivity index (χ1v) is 7.69. The summed E-state index contributed by atoms with van der Waals surface area (Å²) in [5, 5.41) is 4.00. The molecule has 4 nitrogen and oxygen atoms in total. The summed E-state index contributed by atoms with van der Waals surface area (Å²) < 4.78 is 1.18. The summed E-state index contributed by atoms with van der Waals surface area (Å²) in [6, 6.07) is 7.65. The second-order valence-corrected chi connectivity index (χ2v) is 6.57. The van der Waals surface area contributed by atoms with Crippen LogP contribution in [0.25, 0.3) is 10.2 Å². The Bertz CT molecular complexity index is 561. The van der Waals surface area contributed by atoms with E-state index in [1.54, 1.807) is 11.3 Å². The van der Waals surface area contributed by atoms with Gasteiger partial charge < -0.3 is 11.1 Å². The smallest absolute Gasteiger partial charge is 0.237 e. The molecule has 108 valence electrons. The fourth-order valence-electron chi connectivity index (χ4n) is 1.96. The average Bonchev–Trinajstić information content (AvgIpc) is 2.79. The Balaban J connectivity index is 1.97. The minimum absolute atomic E-state index is 0.0351. The van der Waals surface area contributed by atoms with Gasteiger partial charge in [-0.25, -0.2) is 4.98 Å². The van der Waals surface area contributed by atoms with Gasteiger partial charge in [-0.05, 0) is 25.0 Å². The molecule has 0 fully saturated rings. The van der Waals surface area contributed by atoms with Crippen molar-refractivity contribution in [1.29, 1.82) is 0 Å². The molecule has 1 aromatic heterocycles. The number of nitrogens with one attached hydrogen (secondary N) is 1. The maximum Gasteiger partial charge on any atom is 0.237 e. The second kappa shape index (κ2) is 6.33. The molecule has 5 heteroatoms. The lowest BCUT2D eigenvalue weighted by molar-refractivity contribution is -0.123. The van der Waals surface area contributed by atoms with Gasteiger partial charge in [-0.2, -0.15) is 0 Å². The Morgan fingerprint density at radius 1 is 1.35 bits per heavy atom. The number of nitrogens with zero attached hydrogens (tertiary/aromatic N) is 1. The molecular weight excluding hydrogens is 270 g/mol. The first-order chi connectivity index (χ1) is 9.47. The van der Waals surface area contributed by atoms with E-state index in [0.29, 0.717) is 0 Å². The topological polar surface area (TPSA) is 68.0 Å². The molecule has 0 aliphatic rings. The molecule has 0 saturated carbocycles. The summed E-state index contributed by atoms with van der Waals surface area (Å²) in [6.07, 6.45) is 0.732. The van der Waals surface area contributed by atoms with Gasteiger partial charge in [0, 0.05) is 12.5 Å². The van der Waals surface area contributed by atoms with Crippen molar-refractivity contribution in [3.8, 4) is 0 Å². The molecule has 1 aromatic carbocycles. The average molecular weight is 291 g/mol. The van der Waals surface area contributed by atoms with Crippen molar-refractivity contribution >= 4 is 27.5 Å². The highest BCUT2D eigenvalue weighted by Gasteiger charge is 2.19. The lowest BCUT2D eigenvalue weighted by Crippen LogP contribution is -2.47. The first-order valence-electron chi connectivity index (χ1n) is 6.87. The van der Waals surface area contributed by atoms with E-state index in [1.165, 1.54) is 4.70 Å². The van der Waals surface area contributed by atoms with Gasteiger partial charge in [0.2, 0.25) is 5.91 Å². The molecule has 0 aliphatic carbocycles. The Morgan fingerprint density at radius 2 is 2.05 bits per heavy atom. The minimum Gasteiger partial charge on any atom is -0.352 e. The Hall–Kier alpha value is -1.46. The third kappa shape index (κ3) is 3.55. The molecule has 2 rings (SSSR count). The number of aromatic nitrogens is 1. The van der Waals surface area contributed by atoms with E-state index in [0.717, 1.165) is 16.9 Å². The summed E-state index contributed by atoms with van der Waals surface area (Å²) in [4.78, 5) is 16.5. The van der Waals surface area contributed by atoms with Crippen molar-refractivity contribution in [3.05, 3.63) is 29.3 Å². The Morgan fingerprint density at radius 3 is 2.70 bits per heavy atom. The summed E-state index contributed by atoms with van der Waals surface area (Å²) in [5.41, 5.74) is 6.86. The van der Waals surface area contributed by atoms with Gasteiger partial charge in [0.05, 0.1) is 21.3 Å². The van der Waals surface area contributed by atoms with E-state index < -0.39 is 6.04 Å². The SMILES string of the molecule is CC(Cc1nc2ccccc2s1)NC(=O)[C@@H](N)C(C)C. The predicted molar refractivity (Wildman–Crippen MR) is 83.7 cm³/mol. The number of carbonyl (C=O) groups is 1. The van der Waals surface area contributed by atoms with E-state index >= 15 is 0 Å². The minimum atomic E-state index is -0.451. The standard InChI is InChI=1S/C15H21N3OS/c1-9(2)14(16)15(19)17-10(3)8-13-18-11-6-4-5-7-12(11)20-13/h4-7,9-10,14H,8,16H2,1-3H3,(H,17,19)/t10?,14-/m0/s1. The number of fused-ring (bicyclic) bond motifs is 1. The van der Waals surface area contributed by atoms with Gasteiger partial charge in [-0.1, -0.05) is 26.0 Å². The van der Waals surface area contributed by atoms with Gasteiger partial charge in [0.25, 0.3) is 0 Å². The van der Waals surface area contributed by atoms with E-state index in [2.05, 4.69) is 16.4 Å². The molecule has 2 aromatic rings. The number of para-hydroxylation sites is 1. The zero-order valence-electron chi connectivity index (χ0n) is 12.1. The monoisotopic (exact) mass is 291 g/mol. The van der Waals surface area contributed by atoms with Crippen LogP contribution in [0.15, 0.2) is 24.3 Å². The van der Waals surface area contributed by atoms with E-state index in [-0.39, 0.29) is 17.9 Å². The van der Waals surface area contributed by atoms with Crippen molar-refractivity contribution in [2.75, 3.05) is 0 Å². The molecule has 0 radical (unpaired) electrons. The van der Waals surface area contributed by atoms with Crippen LogP contribution in [0.1, 0.15) is 25.8 Å². The summed E-state index contributed by atoms with van der Waals surface area (Å²) in [6.45, 7) is 5.88. The predicted octanol–water partition coefficient (Wildman–Crippen LogP) is 2.33. The molecular formula is C15H21N3OS. The molecule has 20 heavy (non-hydrogen) atoms. The molecule has 0 bridgehead atoms. The first kappa shape index (κ1) is 14.9. The maximum absolute atomic E-state index is 11.9. The van der Waals surface area contributed by atoms with Gasteiger partial charge in [-0.15, -0.1) is 11.3 Å². The van der Waals surface area contributed by atoms with Gasteiger partial charge >= 0.3 is 0 Å². The van der Waals surface area contributed by atoms with Crippen LogP contribution >= 0.6 is 11.3 Å². The fourth-order valence-corrected chi connectivity index (χ4v) is 3.06. The number of thiazole rings is 1. The van der Waals surface area contributed by atoms with Crippen LogP contribution in [0, 0.1) is 5.92 Å². The fraction of sp³-hybridized carbons (Fsp3) is 0.467. The van der Waals surface area contributed by atoms with Crippen LogP contribution in [0.2, 0.25) is 0 Å². The van der Waals surface area contributed by atoms with Crippen molar-refractivity contribution < 1.29 is 4.79 Å². The maximum atomic E-state index is 11.9. The van der Waals surface area contributed by atoms with E-state index in [4.69, 9.17) is 5.73 Å². The van der Waals surface area contributed by atoms with Crippen LogP contribution in [-0.4, -0.2) is 23.0 Å². The Kier molecular flexibility index (Phi) is 4.73. The number of hydrogen-bond donors (Lipinski definition) is 2. The van der Waals surface area contributed by atoms with Crippen molar-refractivity contribution in [2.24, 2.45) is 11.7 Å². The number of nitrogens with two attached hydrogens (primary N) is 1. The van der Waals surface area contributed by atoms with Crippen molar-refractivity contribution in [2.45, 2.75) is 39.3 Å². The molecule has 1 unspecified atom stereocenters. The van der Waals surface area contributed by atoms with Gasteiger partial charge in [-0.3, -0.25) is 4.79 Å². The molecule has 3 N–H and O–H groups in total. The quantitative estimate of drug-likeness (QED) is 0.888. The normalized spacial score (nSPS) is 14.4. The van der Waals surface area contributed by atoms with Crippen LogP contribution in [0.3, 0.4) is 0 Å². The van der Waals surface area contributed by atoms with Crippen LogP contribution in [0.5, 0.6) is 0 Å². The summed E-state index contributed by atoms with van der Waals surface area (Å²) >= 11 is 1.67. The van der Waals surface area contributed by atoms with Crippen molar-refractivity contribution in [3.63, 3.8) is 0 Å². The largest absolute Gasteiger partial charge is 0.352 e. The molecule has 0 aliphatic heterocycles. The zero-order valence-corrected chi connectivity index (χ0v) is 12.9.